The van der Waals surface area contributed by atoms with Crippen LogP contribution in [0.4, 0.5) is 0 Å². The summed E-state index contributed by atoms with van der Waals surface area (Å²) in [4.78, 5) is 6.43. The zero-order valence-electron chi connectivity index (χ0n) is 10.9. The van der Waals surface area contributed by atoms with Crippen LogP contribution in [0.1, 0.15) is 22.9 Å². The molecule has 1 aromatic rings. The lowest BCUT2D eigenvalue weighted by molar-refractivity contribution is 0.210. The van der Waals surface area contributed by atoms with Gasteiger partial charge in [0.1, 0.15) is 0 Å². The second-order valence-electron chi connectivity index (χ2n) is 4.91. The fraction of sp³-hybridized carbons (Fsp3) is 0.692. The minimum Gasteiger partial charge on any atom is -0.329 e. The van der Waals surface area contributed by atoms with Crippen molar-refractivity contribution in [2.45, 2.75) is 19.4 Å². The summed E-state index contributed by atoms with van der Waals surface area (Å²) in [5.74, 6) is 0. The van der Waals surface area contributed by atoms with Gasteiger partial charge in [0, 0.05) is 31.1 Å². The lowest BCUT2D eigenvalue weighted by Gasteiger charge is -2.29. The molecule has 0 spiro atoms. The van der Waals surface area contributed by atoms with Crippen molar-refractivity contribution in [3.63, 3.8) is 0 Å². The molecule has 1 aliphatic rings. The van der Waals surface area contributed by atoms with Gasteiger partial charge in [-0.1, -0.05) is 0 Å². The number of likely N-dealkylation sites (N-methyl/N-ethyl adjacent to an activating group) is 1. The van der Waals surface area contributed by atoms with Crippen molar-refractivity contribution >= 4 is 11.3 Å². The molecule has 0 aromatic carbocycles. The van der Waals surface area contributed by atoms with Crippen molar-refractivity contribution in [2.24, 2.45) is 5.73 Å². The van der Waals surface area contributed by atoms with E-state index in [0.717, 1.165) is 19.6 Å². The topological polar surface area (TPSA) is 32.5 Å². The average Bonchev–Trinajstić information content (AvgIpc) is 2.60. The normalized spacial score (nSPS) is 21.4. The van der Waals surface area contributed by atoms with Crippen LogP contribution in [-0.4, -0.2) is 49.6 Å². The summed E-state index contributed by atoms with van der Waals surface area (Å²) in [5, 5.41) is 2.18. The van der Waals surface area contributed by atoms with Crippen LogP contribution < -0.4 is 5.73 Å². The summed E-state index contributed by atoms with van der Waals surface area (Å²) in [6, 6.07) is 2.62. The molecule has 1 atom stereocenters. The smallest absolute Gasteiger partial charge is 0.0567 e. The van der Waals surface area contributed by atoms with E-state index < -0.39 is 0 Å². The van der Waals surface area contributed by atoms with Crippen LogP contribution in [0, 0.1) is 6.92 Å². The highest BCUT2D eigenvalue weighted by Crippen LogP contribution is 2.28. The van der Waals surface area contributed by atoms with Crippen LogP contribution >= 0.6 is 11.3 Å². The Bertz CT molecular complexity index is 350. The molecule has 1 aromatic heterocycles. The van der Waals surface area contributed by atoms with Crippen LogP contribution in [0.3, 0.4) is 0 Å². The van der Waals surface area contributed by atoms with Crippen LogP contribution in [0.2, 0.25) is 0 Å². The molecular formula is C13H23N3S. The van der Waals surface area contributed by atoms with Crippen molar-refractivity contribution in [3.8, 4) is 0 Å². The van der Waals surface area contributed by atoms with E-state index >= 15 is 0 Å². The fourth-order valence-electron chi connectivity index (χ4n) is 2.53. The summed E-state index contributed by atoms with van der Waals surface area (Å²) in [6.07, 6.45) is 1.25. The van der Waals surface area contributed by atoms with Crippen molar-refractivity contribution in [3.05, 3.63) is 21.9 Å². The Morgan fingerprint density at radius 1 is 1.35 bits per heavy atom. The van der Waals surface area contributed by atoms with Crippen LogP contribution in [-0.2, 0) is 0 Å². The molecular weight excluding hydrogens is 230 g/mol. The first-order valence-electron chi connectivity index (χ1n) is 6.39. The van der Waals surface area contributed by atoms with Crippen LogP contribution in [0.25, 0.3) is 0 Å². The molecule has 17 heavy (non-hydrogen) atoms. The van der Waals surface area contributed by atoms with Gasteiger partial charge in [-0.25, -0.2) is 0 Å². The van der Waals surface area contributed by atoms with Gasteiger partial charge in [0.2, 0.25) is 0 Å². The van der Waals surface area contributed by atoms with Gasteiger partial charge in [-0.3, -0.25) is 4.90 Å². The van der Waals surface area contributed by atoms with E-state index in [-0.39, 0.29) is 0 Å². The number of hydrogen-bond donors (Lipinski definition) is 1. The second kappa shape index (κ2) is 5.96. The predicted octanol–water partition coefficient (Wildman–Crippen LogP) is 1.69. The highest BCUT2D eigenvalue weighted by atomic mass is 32.1. The standard InChI is InChI=1S/C13H23N3S/c1-11-4-9-17-13(11)12(10-14)16-6-3-5-15(2)7-8-16/h4,9,12H,3,5-8,10,14H2,1-2H3. The molecule has 0 amide bonds. The fourth-order valence-corrected chi connectivity index (χ4v) is 3.60. The Balaban J connectivity index is 2.10. The summed E-state index contributed by atoms with van der Waals surface area (Å²) in [5.41, 5.74) is 7.39. The Labute approximate surface area is 108 Å². The summed E-state index contributed by atoms with van der Waals surface area (Å²) >= 11 is 1.85. The molecule has 0 saturated carbocycles. The van der Waals surface area contributed by atoms with E-state index in [0.29, 0.717) is 6.04 Å². The monoisotopic (exact) mass is 253 g/mol. The van der Waals surface area contributed by atoms with Gasteiger partial charge in [-0.05, 0) is 43.9 Å². The quantitative estimate of drug-likeness (QED) is 0.890. The van der Waals surface area contributed by atoms with Gasteiger partial charge >= 0.3 is 0 Å². The molecule has 1 unspecified atom stereocenters. The Morgan fingerprint density at radius 2 is 2.18 bits per heavy atom. The van der Waals surface area contributed by atoms with Crippen LogP contribution in [0.5, 0.6) is 0 Å². The van der Waals surface area contributed by atoms with E-state index in [1.165, 1.54) is 30.0 Å². The zero-order valence-corrected chi connectivity index (χ0v) is 11.7. The predicted molar refractivity (Wildman–Crippen MR) is 74.5 cm³/mol. The van der Waals surface area contributed by atoms with Gasteiger partial charge in [0.15, 0.2) is 0 Å². The number of rotatable bonds is 3. The Kier molecular flexibility index (Phi) is 4.56. The van der Waals surface area contributed by atoms with Crippen molar-refractivity contribution in [1.82, 2.24) is 9.80 Å². The lowest BCUT2D eigenvalue weighted by atomic mass is 10.1. The van der Waals surface area contributed by atoms with Gasteiger partial charge in [0.05, 0.1) is 6.04 Å². The third-order valence-electron chi connectivity index (χ3n) is 3.62. The summed E-state index contributed by atoms with van der Waals surface area (Å²) < 4.78 is 0. The van der Waals surface area contributed by atoms with E-state index in [1.54, 1.807) is 0 Å². The van der Waals surface area contributed by atoms with E-state index in [2.05, 4.69) is 35.2 Å². The molecule has 4 heteroatoms. The van der Waals surface area contributed by atoms with E-state index in [9.17, 15) is 0 Å². The first kappa shape index (κ1) is 13.0. The minimum atomic E-state index is 0.418. The number of thiophene rings is 1. The van der Waals surface area contributed by atoms with Crippen molar-refractivity contribution in [2.75, 3.05) is 39.8 Å². The maximum absolute atomic E-state index is 6.00. The minimum absolute atomic E-state index is 0.418. The van der Waals surface area contributed by atoms with Gasteiger partial charge in [0.25, 0.3) is 0 Å². The Hall–Kier alpha value is -0.420. The zero-order chi connectivity index (χ0) is 12.3. The maximum atomic E-state index is 6.00. The second-order valence-corrected chi connectivity index (χ2v) is 5.86. The third kappa shape index (κ3) is 3.07. The summed E-state index contributed by atoms with van der Waals surface area (Å²) in [6.45, 7) is 7.58. The van der Waals surface area contributed by atoms with Gasteiger partial charge < -0.3 is 10.6 Å². The molecule has 2 heterocycles. The maximum Gasteiger partial charge on any atom is 0.0567 e. The van der Waals surface area contributed by atoms with Gasteiger partial charge in [-0.15, -0.1) is 11.3 Å². The Morgan fingerprint density at radius 3 is 2.82 bits per heavy atom. The molecule has 0 radical (unpaired) electrons. The molecule has 2 N–H and O–H groups in total. The first-order valence-corrected chi connectivity index (χ1v) is 7.27. The molecule has 1 aliphatic heterocycles. The van der Waals surface area contributed by atoms with Crippen LogP contribution in [0.15, 0.2) is 11.4 Å². The molecule has 1 fully saturated rings. The van der Waals surface area contributed by atoms with Gasteiger partial charge in [-0.2, -0.15) is 0 Å². The largest absolute Gasteiger partial charge is 0.329 e. The highest BCUT2D eigenvalue weighted by molar-refractivity contribution is 7.10. The average molecular weight is 253 g/mol. The molecule has 96 valence electrons. The van der Waals surface area contributed by atoms with Crippen molar-refractivity contribution < 1.29 is 0 Å². The molecule has 1 saturated heterocycles. The highest BCUT2D eigenvalue weighted by Gasteiger charge is 2.23. The number of nitrogens with zero attached hydrogens (tertiary/aromatic N) is 2. The number of hydrogen-bond acceptors (Lipinski definition) is 4. The SMILES string of the molecule is Cc1ccsc1C(CN)N1CCCN(C)CC1. The third-order valence-corrected chi connectivity index (χ3v) is 4.74. The number of nitrogens with two attached hydrogens (primary N) is 1. The molecule has 0 aliphatic carbocycles. The van der Waals surface area contributed by atoms with E-state index in [4.69, 9.17) is 5.73 Å². The lowest BCUT2D eigenvalue weighted by Crippen LogP contribution is -2.36. The molecule has 0 bridgehead atoms. The van der Waals surface area contributed by atoms with Crippen molar-refractivity contribution in [1.29, 1.82) is 0 Å². The first-order chi connectivity index (χ1) is 8.22. The molecule has 3 nitrogen and oxygen atoms in total. The summed E-state index contributed by atoms with van der Waals surface area (Å²) in [7, 11) is 2.21. The number of aryl methyl sites for hydroxylation is 1. The van der Waals surface area contributed by atoms with E-state index in [1.807, 2.05) is 11.3 Å². The molecule has 2 rings (SSSR count).